The van der Waals surface area contributed by atoms with E-state index in [1.54, 1.807) is 36.4 Å². The molecule has 2 aromatic heterocycles. The number of aromatic amines is 1. The maximum atomic E-state index is 12.5. The van der Waals surface area contributed by atoms with Crippen LogP contribution in [0.1, 0.15) is 21.9 Å². The molecule has 2 heterocycles. The number of H-pyrrole nitrogens is 1. The summed E-state index contributed by atoms with van der Waals surface area (Å²) in [6.07, 6.45) is 0.501. The van der Waals surface area contributed by atoms with Crippen molar-refractivity contribution in [3.8, 4) is 11.3 Å². The summed E-state index contributed by atoms with van der Waals surface area (Å²) in [4.78, 5) is 12.5. The van der Waals surface area contributed by atoms with E-state index in [0.29, 0.717) is 39.3 Å². The Morgan fingerprint density at radius 1 is 1.07 bits per heavy atom. The summed E-state index contributed by atoms with van der Waals surface area (Å²) in [6, 6.07) is 15.8. The van der Waals surface area contributed by atoms with Crippen LogP contribution < -0.4 is 5.32 Å². The fourth-order valence-corrected chi connectivity index (χ4v) is 3.23. The van der Waals surface area contributed by atoms with E-state index in [1.807, 2.05) is 18.2 Å². The van der Waals surface area contributed by atoms with Crippen molar-refractivity contribution in [1.82, 2.24) is 20.6 Å². The first-order valence-electron chi connectivity index (χ1n) is 8.26. The monoisotopic (exact) mass is 413 g/mol. The predicted molar refractivity (Wildman–Crippen MR) is 106 cm³/mol. The van der Waals surface area contributed by atoms with Crippen molar-refractivity contribution in [3.63, 3.8) is 0 Å². The van der Waals surface area contributed by atoms with Crippen molar-refractivity contribution in [1.29, 1.82) is 0 Å². The lowest BCUT2D eigenvalue weighted by atomic mass is 10.1. The van der Waals surface area contributed by atoms with Crippen molar-refractivity contribution >= 4 is 34.8 Å². The number of hydrogen-bond acceptors (Lipinski definition) is 5. The summed E-state index contributed by atoms with van der Waals surface area (Å²) < 4.78 is 5.67. The number of furan rings is 1. The van der Waals surface area contributed by atoms with Crippen LogP contribution in [0.5, 0.6) is 0 Å². The molecule has 28 heavy (non-hydrogen) atoms. The van der Waals surface area contributed by atoms with E-state index < -0.39 is 0 Å². The molecular weight excluding hydrogens is 401 g/mol. The zero-order valence-electron chi connectivity index (χ0n) is 14.3. The molecule has 0 fully saturated rings. The first-order valence-corrected chi connectivity index (χ1v) is 9.01. The number of aromatic nitrogens is 4. The van der Waals surface area contributed by atoms with Crippen LogP contribution in [-0.2, 0) is 6.42 Å². The minimum Gasteiger partial charge on any atom is -0.451 e. The number of halogens is 2. The number of rotatable bonds is 5. The molecule has 0 atom stereocenters. The van der Waals surface area contributed by atoms with Gasteiger partial charge in [0.2, 0.25) is 0 Å². The van der Waals surface area contributed by atoms with Crippen molar-refractivity contribution < 1.29 is 9.21 Å². The molecule has 2 aromatic carbocycles. The lowest BCUT2D eigenvalue weighted by Gasteiger charge is -2.05. The topological polar surface area (TPSA) is 96.7 Å². The summed E-state index contributed by atoms with van der Waals surface area (Å²) >= 11 is 12.0. The minimum absolute atomic E-state index is 0.176. The normalized spacial score (nSPS) is 10.8. The third kappa shape index (κ3) is 4.21. The van der Waals surface area contributed by atoms with E-state index in [2.05, 4.69) is 25.9 Å². The SMILES string of the molecule is O=C(Nc1cccc(Cc2nn[nH]n2)c1)c1ccc(-c2cc(Cl)cc(Cl)c2)o1. The van der Waals surface area contributed by atoms with Crippen LogP contribution in [0.3, 0.4) is 0 Å². The average Bonchev–Trinajstić information content (AvgIpc) is 3.33. The second kappa shape index (κ2) is 7.84. The Hall–Kier alpha value is -3.16. The molecule has 0 unspecified atom stereocenters. The van der Waals surface area contributed by atoms with Gasteiger partial charge < -0.3 is 9.73 Å². The standard InChI is InChI=1S/C19H13Cl2N5O2/c20-13-8-12(9-14(21)10-13)16-4-5-17(28-16)19(27)22-15-3-1-2-11(6-15)7-18-23-25-26-24-18/h1-6,8-10H,7H2,(H,22,27)(H,23,24,25,26). The lowest BCUT2D eigenvalue weighted by Crippen LogP contribution is -2.11. The third-order valence-corrected chi connectivity index (χ3v) is 4.35. The Morgan fingerprint density at radius 2 is 1.89 bits per heavy atom. The van der Waals surface area contributed by atoms with E-state index in [-0.39, 0.29) is 11.7 Å². The van der Waals surface area contributed by atoms with Gasteiger partial charge in [-0.1, -0.05) is 40.5 Å². The quantitative estimate of drug-likeness (QED) is 0.497. The van der Waals surface area contributed by atoms with Gasteiger partial charge in [0.15, 0.2) is 11.6 Å². The molecule has 9 heteroatoms. The van der Waals surface area contributed by atoms with Crippen molar-refractivity contribution in [2.45, 2.75) is 6.42 Å². The van der Waals surface area contributed by atoms with Gasteiger partial charge in [-0.3, -0.25) is 4.79 Å². The fourth-order valence-electron chi connectivity index (χ4n) is 2.70. The summed E-state index contributed by atoms with van der Waals surface area (Å²) in [6.45, 7) is 0. The molecular formula is C19H13Cl2N5O2. The largest absolute Gasteiger partial charge is 0.451 e. The molecule has 0 aliphatic rings. The molecule has 2 N–H and O–H groups in total. The van der Waals surface area contributed by atoms with Gasteiger partial charge in [0.05, 0.1) is 0 Å². The highest BCUT2D eigenvalue weighted by Gasteiger charge is 2.14. The molecule has 4 rings (SSSR count). The number of hydrogen-bond donors (Lipinski definition) is 2. The van der Waals surface area contributed by atoms with Gasteiger partial charge in [0, 0.05) is 27.7 Å². The number of carbonyl (C=O) groups excluding carboxylic acids is 1. The molecule has 0 aliphatic carbocycles. The van der Waals surface area contributed by atoms with E-state index in [1.165, 1.54) is 0 Å². The van der Waals surface area contributed by atoms with E-state index in [9.17, 15) is 4.79 Å². The van der Waals surface area contributed by atoms with Gasteiger partial charge >= 0.3 is 0 Å². The highest BCUT2D eigenvalue weighted by atomic mass is 35.5. The minimum atomic E-state index is -0.365. The number of nitrogens with zero attached hydrogens (tertiary/aromatic N) is 3. The summed E-state index contributed by atoms with van der Waals surface area (Å²) in [5.74, 6) is 0.880. The second-order valence-electron chi connectivity index (χ2n) is 5.98. The number of nitrogens with one attached hydrogen (secondary N) is 2. The van der Waals surface area contributed by atoms with Gasteiger partial charge in [0.25, 0.3) is 5.91 Å². The number of tetrazole rings is 1. The highest BCUT2D eigenvalue weighted by molar-refractivity contribution is 6.35. The van der Waals surface area contributed by atoms with Crippen LogP contribution in [-0.4, -0.2) is 26.5 Å². The predicted octanol–water partition coefficient (Wildman–Crippen LogP) is 4.61. The average molecular weight is 414 g/mol. The van der Waals surface area contributed by atoms with Crippen LogP contribution in [0, 0.1) is 0 Å². The van der Waals surface area contributed by atoms with Gasteiger partial charge in [0.1, 0.15) is 5.76 Å². The molecule has 1 amide bonds. The number of carbonyl (C=O) groups is 1. The van der Waals surface area contributed by atoms with E-state index in [4.69, 9.17) is 27.6 Å². The highest BCUT2D eigenvalue weighted by Crippen LogP contribution is 2.29. The zero-order valence-corrected chi connectivity index (χ0v) is 15.8. The van der Waals surface area contributed by atoms with Crippen LogP contribution in [0.15, 0.2) is 59.0 Å². The fraction of sp³-hybridized carbons (Fsp3) is 0.0526. The summed E-state index contributed by atoms with van der Waals surface area (Å²) in [5.41, 5.74) is 2.27. The Kier molecular flexibility index (Phi) is 5.10. The van der Waals surface area contributed by atoms with Crippen LogP contribution >= 0.6 is 23.2 Å². The maximum absolute atomic E-state index is 12.5. The van der Waals surface area contributed by atoms with Crippen molar-refractivity contribution in [3.05, 3.63) is 81.8 Å². The smallest absolute Gasteiger partial charge is 0.291 e. The Balaban J connectivity index is 1.49. The van der Waals surface area contributed by atoms with Gasteiger partial charge in [-0.25, -0.2) is 0 Å². The molecule has 0 bridgehead atoms. The molecule has 4 aromatic rings. The summed E-state index contributed by atoms with van der Waals surface area (Å²) in [7, 11) is 0. The Labute approximate surface area is 169 Å². The van der Waals surface area contributed by atoms with E-state index in [0.717, 1.165) is 5.56 Å². The first kappa shape index (κ1) is 18.2. The molecule has 0 spiro atoms. The van der Waals surface area contributed by atoms with Crippen LogP contribution in [0.4, 0.5) is 5.69 Å². The van der Waals surface area contributed by atoms with Crippen LogP contribution in [0.2, 0.25) is 10.0 Å². The van der Waals surface area contributed by atoms with Gasteiger partial charge in [-0.05, 0) is 48.0 Å². The number of amides is 1. The summed E-state index contributed by atoms with van der Waals surface area (Å²) in [5, 5.41) is 17.6. The van der Waals surface area contributed by atoms with Gasteiger partial charge in [-0.15, -0.1) is 10.2 Å². The molecule has 140 valence electrons. The van der Waals surface area contributed by atoms with Crippen molar-refractivity contribution in [2.75, 3.05) is 5.32 Å². The number of benzene rings is 2. The van der Waals surface area contributed by atoms with E-state index >= 15 is 0 Å². The first-order chi connectivity index (χ1) is 13.6. The van der Waals surface area contributed by atoms with Gasteiger partial charge in [-0.2, -0.15) is 5.21 Å². The molecule has 0 aliphatic heterocycles. The second-order valence-corrected chi connectivity index (χ2v) is 6.85. The molecule has 0 saturated carbocycles. The van der Waals surface area contributed by atoms with Crippen molar-refractivity contribution in [2.24, 2.45) is 0 Å². The number of anilines is 1. The molecule has 0 saturated heterocycles. The zero-order chi connectivity index (χ0) is 19.5. The van der Waals surface area contributed by atoms with Crippen LogP contribution in [0.25, 0.3) is 11.3 Å². The molecule has 7 nitrogen and oxygen atoms in total. The molecule has 0 radical (unpaired) electrons. The third-order valence-electron chi connectivity index (χ3n) is 3.91. The maximum Gasteiger partial charge on any atom is 0.291 e. The Bertz CT molecular complexity index is 1100. The Morgan fingerprint density at radius 3 is 2.64 bits per heavy atom. The lowest BCUT2D eigenvalue weighted by molar-refractivity contribution is 0.0997.